The monoisotopic (exact) mass is 264 g/mol. The minimum absolute atomic E-state index is 0.0224. The minimum Gasteiger partial charge on any atom is -0.458 e. The van der Waals surface area contributed by atoms with Gasteiger partial charge in [-0.25, -0.2) is 4.79 Å². The number of hydrogen-bond donors (Lipinski definition) is 2. The van der Waals surface area contributed by atoms with Crippen LogP contribution in [-0.2, 0) is 9.53 Å². The fourth-order valence-corrected chi connectivity index (χ4v) is 2.62. The van der Waals surface area contributed by atoms with E-state index in [-0.39, 0.29) is 31.2 Å². The van der Waals surface area contributed by atoms with E-state index in [0.717, 1.165) is 24.0 Å². The SMILES string of the molecule is C=C1C(=O)OC2CC(CO)=CCCC(CO)=CCC12. The fraction of sp³-hybridized carbons (Fsp3) is 0.533. The van der Waals surface area contributed by atoms with Crippen LogP contribution in [0.15, 0.2) is 35.5 Å². The quantitative estimate of drug-likeness (QED) is 0.450. The first kappa shape index (κ1) is 14.0. The summed E-state index contributed by atoms with van der Waals surface area (Å²) >= 11 is 0. The van der Waals surface area contributed by atoms with Crippen molar-refractivity contribution in [3.05, 3.63) is 35.5 Å². The zero-order valence-corrected chi connectivity index (χ0v) is 11.0. The molecule has 1 fully saturated rings. The number of carbonyl (C=O) groups is 1. The molecular weight excluding hydrogens is 244 g/mol. The summed E-state index contributed by atoms with van der Waals surface area (Å²) in [6.07, 6.45) is 6.50. The summed E-state index contributed by atoms with van der Waals surface area (Å²) in [5.74, 6) is -0.396. The van der Waals surface area contributed by atoms with E-state index in [1.807, 2.05) is 12.2 Å². The summed E-state index contributed by atoms with van der Waals surface area (Å²) in [7, 11) is 0. The Morgan fingerprint density at radius 3 is 2.68 bits per heavy atom. The molecule has 1 heterocycles. The molecular formula is C15H20O4. The number of esters is 1. The van der Waals surface area contributed by atoms with Crippen LogP contribution >= 0.6 is 0 Å². The summed E-state index contributed by atoms with van der Waals surface area (Å²) in [5.41, 5.74) is 2.34. The molecule has 0 radical (unpaired) electrons. The molecule has 2 atom stereocenters. The van der Waals surface area contributed by atoms with E-state index in [1.54, 1.807) is 0 Å². The van der Waals surface area contributed by atoms with Crippen molar-refractivity contribution in [3.8, 4) is 0 Å². The second-order valence-corrected chi connectivity index (χ2v) is 5.09. The molecule has 19 heavy (non-hydrogen) atoms. The number of aliphatic hydroxyl groups excluding tert-OH is 2. The average Bonchev–Trinajstić information content (AvgIpc) is 2.68. The molecule has 0 bridgehead atoms. The molecule has 2 aliphatic rings. The molecule has 0 saturated carbocycles. The molecule has 2 rings (SSSR count). The highest BCUT2D eigenvalue weighted by Crippen LogP contribution is 2.34. The standard InChI is InChI=1S/C15H20O4/c1-10-13-6-5-11(8-16)3-2-4-12(9-17)7-14(13)19-15(10)18/h4-5,13-14,16-17H,1-3,6-9H2. The third kappa shape index (κ3) is 3.14. The molecule has 4 nitrogen and oxygen atoms in total. The third-order valence-electron chi connectivity index (χ3n) is 3.85. The maximum absolute atomic E-state index is 11.6. The molecule has 0 spiro atoms. The minimum atomic E-state index is -0.342. The first-order valence-electron chi connectivity index (χ1n) is 6.63. The molecule has 104 valence electrons. The molecule has 1 aliphatic heterocycles. The number of allylic oxidation sites excluding steroid dienone is 2. The van der Waals surface area contributed by atoms with E-state index in [2.05, 4.69) is 6.58 Å². The Morgan fingerprint density at radius 2 is 2.00 bits per heavy atom. The Balaban J connectivity index is 2.24. The Bertz CT molecular complexity index is 433. The lowest BCUT2D eigenvalue weighted by molar-refractivity contribution is -0.139. The lowest BCUT2D eigenvalue weighted by atomic mass is 9.87. The van der Waals surface area contributed by atoms with Gasteiger partial charge in [0.2, 0.25) is 0 Å². The van der Waals surface area contributed by atoms with Crippen molar-refractivity contribution in [1.29, 1.82) is 0 Å². The van der Waals surface area contributed by atoms with Crippen LogP contribution in [0.1, 0.15) is 25.7 Å². The van der Waals surface area contributed by atoms with Gasteiger partial charge in [0.15, 0.2) is 0 Å². The summed E-state index contributed by atoms with van der Waals surface area (Å²) in [5, 5.41) is 18.6. The van der Waals surface area contributed by atoms with E-state index in [1.165, 1.54) is 0 Å². The molecule has 0 amide bonds. The Morgan fingerprint density at radius 1 is 1.26 bits per heavy atom. The van der Waals surface area contributed by atoms with Crippen LogP contribution in [-0.4, -0.2) is 35.5 Å². The van der Waals surface area contributed by atoms with Gasteiger partial charge in [0.05, 0.1) is 13.2 Å². The largest absolute Gasteiger partial charge is 0.458 e. The molecule has 4 heteroatoms. The van der Waals surface area contributed by atoms with Crippen LogP contribution in [0.25, 0.3) is 0 Å². The van der Waals surface area contributed by atoms with Crippen molar-refractivity contribution in [2.24, 2.45) is 5.92 Å². The lowest BCUT2D eigenvalue weighted by Crippen LogP contribution is -2.18. The van der Waals surface area contributed by atoms with Gasteiger partial charge in [0.1, 0.15) is 6.10 Å². The van der Waals surface area contributed by atoms with Gasteiger partial charge >= 0.3 is 5.97 Å². The summed E-state index contributed by atoms with van der Waals surface area (Å²) in [6.45, 7) is 3.81. The maximum atomic E-state index is 11.6. The molecule has 1 aliphatic carbocycles. The van der Waals surface area contributed by atoms with Gasteiger partial charge in [-0.15, -0.1) is 0 Å². The number of carbonyl (C=O) groups excluding carboxylic acids is 1. The molecule has 0 aromatic rings. The van der Waals surface area contributed by atoms with Gasteiger partial charge in [-0.3, -0.25) is 0 Å². The van der Waals surface area contributed by atoms with Gasteiger partial charge in [0, 0.05) is 17.9 Å². The van der Waals surface area contributed by atoms with Crippen molar-refractivity contribution < 1.29 is 19.7 Å². The zero-order valence-electron chi connectivity index (χ0n) is 11.0. The van der Waals surface area contributed by atoms with Gasteiger partial charge in [-0.1, -0.05) is 18.7 Å². The number of hydrogen-bond acceptors (Lipinski definition) is 4. The summed E-state index contributed by atoms with van der Waals surface area (Å²) < 4.78 is 5.33. The van der Waals surface area contributed by atoms with E-state index in [9.17, 15) is 15.0 Å². The van der Waals surface area contributed by atoms with Crippen LogP contribution in [0.5, 0.6) is 0 Å². The Hall–Kier alpha value is -1.39. The van der Waals surface area contributed by atoms with E-state index >= 15 is 0 Å². The molecule has 0 aromatic carbocycles. The van der Waals surface area contributed by atoms with Gasteiger partial charge in [-0.05, 0) is 30.4 Å². The summed E-state index contributed by atoms with van der Waals surface area (Å²) in [6, 6.07) is 0. The molecule has 1 saturated heterocycles. The number of fused-ring (bicyclic) bond motifs is 1. The van der Waals surface area contributed by atoms with Gasteiger partial charge in [0.25, 0.3) is 0 Å². The number of ether oxygens (including phenoxy) is 1. The van der Waals surface area contributed by atoms with Crippen molar-refractivity contribution in [2.45, 2.75) is 31.8 Å². The van der Waals surface area contributed by atoms with Crippen molar-refractivity contribution in [2.75, 3.05) is 13.2 Å². The van der Waals surface area contributed by atoms with Crippen molar-refractivity contribution >= 4 is 5.97 Å². The van der Waals surface area contributed by atoms with E-state index in [0.29, 0.717) is 18.4 Å². The normalized spacial score (nSPS) is 28.3. The van der Waals surface area contributed by atoms with Crippen molar-refractivity contribution in [3.63, 3.8) is 0 Å². The topological polar surface area (TPSA) is 66.8 Å². The van der Waals surface area contributed by atoms with Crippen LogP contribution in [0, 0.1) is 5.92 Å². The first-order valence-corrected chi connectivity index (χ1v) is 6.63. The highest BCUT2D eigenvalue weighted by molar-refractivity contribution is 5.90. The third-order valence-corrected chi connectivity index (χ3v) is 3.85. The second kappa shape index (κ2) is 6.17. The average molecular weight is 264 g/mol. The first-order chi connectivity index (χ1) is 9.15. The predicted molar refractivity (Wildman–Crippen MR) is 71.3 cm³/mol. The lowest BCUT2D eigenvalue weighted by Gasteiger charge is -2.19. The zero-order chi connectivity index (χ0) is 13.8. The van der Waals surface area contributed by atoms with Crippen molar-refractivity contribution in [1.82, 2.24) is 0 Å². The smallest absolute Gasteiger partial charge is 0.334 e. The number of aliphatic hydroxyl groups is 2. The molecule has 2 unspecified atom stereocenters. The van der Waals surface area contributed by atoms with Gasteiger partial charge in [-0.2, -0.15) is 0 Å². The highest BCUT2D eigenvalue weighted by Gasteiger charge is 2.38. The highest BCUT2D eigenvalue weighted by atomic mass is 16.6. The van der Waals surface area contributed by atoms with Crippen LogP contribution in [0.4, 0.5) is 0 Å². The fourth-order valence-electron chi connectivity index (χ4n) is 2.62. The Labute approximate surface area is 113 Å². The predicted octanol–water partition coefficient (Wildman–Crippen LogP) is 1.50. The van der Waals surface area contributed by atoms with E-state index in [4.69, 9.17) is 4.74 Å². The number of rotatable bonds is 2. The van der Waals surface area contributed by atoms with E-state index < -0.39 is 0 Å². The molecule has 2 N–H and O–H groups in total. The van der Waals surface area contributed by atoms with Crippen LogP contribution in [0.3, 0.4) is 0 Å². The summed E-state index contributed by atoms with van der Waals surface area (Å²) in [4.78, 5) is 11.6. The second-order valence-electron chi connectivity index (χ2n) is 5.09. The maximum Gasteiger partial charge on any atom is 0.334 e. The van der Waals surface area contributed by atoms with Gasteiger partial charge < -0.3 is 14.9 Å². The van der Waals surface area contributed by atoms with Crippen LogP contribution < -0.4 is 0 Å². The van der Waals surface area contributed by atoms with Crippen LogP contribution in [0.2, 0.25) is 0 Å². The Kier molecular flexibility index (Phi) is 4.56. The molecule has 0 aromatic heterocycles.